The molecule has 0 aliphatic rings. The van der Waals surface area contributed by atoms with Crippen LogP contribution in [0.5, 0.6) is 0 Å². The SMILES string of the molecule is C[NH2+]CCCCc1cccnc1. The molecule has 0 amide bonds. The van der Waals surface area contributed by atoms with Crippen molar-refractivity contribution in [2.45, 2.75) is 19.3 Å². The van der Waals surface area contributed by atoms with Gasteiger partial charge in [0.25, 0.3) is 0 Å². The van der Waals surface area contributed by atoms with Crippen LogP contribution < -0.4 is 5.32 Å². The van der Waals surface area contributed by atoms with E-state index in [1.165, 1.54) is 31.4 Å². The molecule has 2 heteroatoms. The number of nitrogens with two attached hydrogens (primary N) is 1. The van der Waals surface area contributed by atoms with E-state index in [-0.39, 0.29) is 0 Å². The maximum Gasteiger partial charge on any atom is 0.0753 e. The van der Waals surface area contributed by atoms with Gasteiger partial charge in [-0.1, -0.05) is 6.07 Å². The third-order valence-electron chi connectivity index (χ3n) is 1.93. The van der Waals surface area contributed by atoms with E-state index in [0.29, 0.717) is 0 Å². The van der Waals surface area contributed by atoms with Crippen molar-refractivity contribution in [3.05, 3.63) is 30.1 Å². The number of nitrogens with zero attached hydrogens (tertiary/aromatic N) is 1. The van der Waals surface area contributed by atoms with Crippen molar-refractivity contribution in [1.82, 2.24) is 4.98 Å². The number of pyridine rings is 1. The van der Waals surface area contributed by atoms with Gasteiger partial charge >= 0.3 is 0 Å². The minimum atomic E-state index is 1.17. The van der Waals surface area contributed by atoms with Gasteiger partial charge in [0.2, 0.25) is 0 Å². The van der Waals surface area contributed by atoms with Crippen LogP contribution in [0, 0.1) is 0 Å². The largest absolute Gasteiger partial charge is 0.349 e. The summed E-state index contributed by atoms with van der Waals surface area (Å²) in [5.74, 6) is 0. The zero-order valence-corrected chi connectivity index (χ0v) is 7.66. The summed E-state index contributed by atoms with van der Waals surface area (Å²) in [6.45, 7) is 1.24. The van der Waals surface area contributed by atoms with Crippen LogP contribution in [0.3, 0.4) is 0 Å². The number of rotatable bonds is 5. The molecule has 12 heavy (non-hydrogen) atoms. The second kappa shape index (κ2) is 5.72. The van der Waals surface area contributed by atoms with Crippen molar-refractivity contribution in [3.63, 3.8) is 0 Å². The molecule has 1 aromatic rings. The molecule has 0 bridgehead atoms. The first-order valence-corrected chi connectivity index (χ1v) is 4.60. The Kier molecular flexibility index (Phi) is 4.39. The Balaban J connectivity index is 2.16. The summed E-state index contributed by atoms with van der Waals surface area (Å²) in [5, 5.41) is 2.23. The average molecular weight is 165 g/mol. The summed E-state index contributed by atoms with van der Waals surface area (Å²) < 4.78 is 0. The fourth-order valence-electron chi connectivity index (χ4n) is 1.22. The summed E-state index contributed by atoms with van der Waals surface area (Å²) in [5.41, 5.74) is 1.36. The lowest BCUT2D eigenvalue weighted by atomic mass is 10.1. The molecular weight excluding hydrogens is 148 g/mol. The van der Waals surface area contributed by atoms with E-state index in [9.17, 15) is 0 Å². The fraction of sp³-hybridized carbons (Fsp3) is 0.500. The lowest BCUT2D eigenvalue weighted by Crippen LogP contribution is -2.79. The third kappa shape index (κ3) is 3.49. The maximum atomic E-state index is 4.08. The Morgan fingerprint density at radius 3 is 3.00 bits per heavy atom. The third-order valence-corrected chi connectivity index (χ3v) is 1.93. The van der Waals surface area contributed by atoms with Crippen LogP contribution in [-0.2, 0) is 6.42 Å². The maximum absolute atomic E-state index is 4.08. The predicted molar refractivity (Wildman–Crippen MR) is 49.9 cm³/mol. The smallest absolute Gasteiger partial charge is 0.0753 e. The fourth-order valence-corrected chi connectivity index (χ4v) is 1.22. The summed E-state index contributed by atoms with van der Waals surface area (Å²) in [4.78, 5) is 4.08. The van der Waals surface area contributed by atoms with Gasteiger partial charge in [-0.05, 0) is 30.9 Å². The van der Waals surface area contributed by atoms with Gasteiger partial charge < -0.3 is 5.32 Å². The zero-order valence-electron chi connectivity index (χ0n) is 7.66. The molecule has 0 atom stereocenters. The Morgan fingerprint density at radius 2 is 2.33 bits per heavy atom. The molecule has 2 N–H and O–H groups in total. The second-order valence-corrected chi connectivity index (χ2v) is 3.02. The van der Waals surface area contributed by atoms with Crippen molar-refractivity contribution in [1.29, 1.82) is 0 Å². The minimum Gasteiger partial charge on any atom is -0.349 e. The quantitative estimate of drug-likeness (QED) is 0.636. The van der Waals surface area contributed by atoms with Crippen molar-refractivity contribution in [3.8, 4) is 0 Å². The molecular formula is C10H17N2+. The van der Waals surface area contributed by atoms with E-state index in [0.717, 1.165) is 0 Å². The molecule has 66 valence electrons. The van der Waals surface area contributed by atoms with E-state index >= 15 is 0 Å². The van der Waals surface area contributed by atoms with Crippen molar-refractivity contribution in [2.75, 3.05) is 13.6 Å². The first-order valence-electron chi connectivity index (χ1n) is 4.60. The zero-order chi connectivity index (χ0) is 8.65. The number of quaternary nitrogens is 1. The summed E-state index contributed by atoms with van der Waals surface area (Å²) >= 11 is 0. The van der Waals surface area contributed by atoms with Gasteiger partial charge in [0, 0.05) is 12.4 Å². The molecule has 1 aromatic heterocycles. The monoisotopic (exact) mass is 165 g/mol. The number of aryl methyl sites for hydroxylation is 1. The summed E-state index contributed by atoms with van der Waals surface area (Å²) in [7, 11) is 2.12. The van der Waals surface area contributed by atoms with E-state index in [4.69, 9.17) is 0 Å². The van der Waals surface area contributed by atoms with Crippen LogP contribution >= 0.6 is 0 Å². The van der Waals surface area contributed by atoms with Crippen LogP contribution in [0.15, 0.2) is 24.5 Å². The van der Waals surface area contributed by atoms with Crippen LogP contribution in [0.1, 0.15) is 18.4 Å². The Labute approximate surface area is 74.0 Å². The van der Waals surface area contributed by atoms with E-state index < -0.39 is 0 Å². The van der Waals surface area contributed by atoms with Crippen molar-refractivity contribution in [2.24, 2.45) is 0 Å². The Bertz CT molecular complexity index is 196. The van der Waals surface area contributed by atoms with Gasteiger partial charge in [-0.15, -0.1) is 0 Å². The number of aromatic nitrogens is 1. The number of hydrogen-bond donors (Lipinski definition) is 1. The Morgan fingerprint density at radius 1 is 1.42 bits per heavy atom. The van der Waals surface area contributed by atoms with Crippen molar-refractivity contribution < 1.29 is 5.32 Å². The van der Waals surface area contributed by atoms with Crippen LogP contribution in [0.4, 0.5) is 0 Å². The van der Waals surface area contributed by atoms with Gasteiger partial charge in [-0.2, -0.15) is 0 Å². The molecule has 0 spiro atoms. The summed E-state index contributed by atoms with van der Waals surface area (Å²) in [6, 6.07) is 4.14. The molecule has 0 aliphatic carbocycles. The van der Waals surface area contributed by atoms with E-state index in [1.54, 1.807) is 0 Å². The molecule has 1 rings (SSSR count). The lowest BCUT2D eigenvalue weighted by Gasteiger charge is -1.98. The normalized spacial score (nSPS) is 10.1. The van der Waals surface area contributed by atoms with Crippen LogP contribution in [0.25, 0.3) is 0 Å². The van der Waals surface area contributed by atoms with E-state index in [2.05, 4.69) is 23.4 Å². The average Bonchev–Trinajstić information content (AvgIpc) is 2.14. The lowest BCUT2D eigenvalue weighted by molar-refractivity contribution is -0.627. The number of hydrogen-bond acceptors (Lipinski definition) is 1. The van der Waals surface area contributed by atoms with Gasteiger partial charge in [-0.25, -0.2) is 0 Å². The standard InChI is InChI=1S/C10H16N2/c1-11-7-3-2-5-10-6-4-8-12-9-10/h4,6,8-9,11H,2-3,5,7H2,1H3/p+1. The van der Waals surface area contributed by atoms with Crippen LogP contribution in [-0.4, -0.2) is 18.6 Å². The van der Waals surface area contributed by atoms with Gasteiger partial charge in [-0.3, -0.25) is 4.98 Å². The van der Waals surface area contributed by atoms with Gasteiger partial charge in [0.1, 0.15) is 0 Å². The molecule has 0 radical (unpaired) electrons. The highest BCUT2D eigenvalue weighted by atomic mass is 14.8. The number of unbranched alkanes of at least 4 members (excludes halogenated alkanes) is 1. The van der Waals surface area contributed by atoms with E-state index in [1.807, 2.05) is 18.5 Å². The summed E-state index contributed by atoms with van der Waals surface area (Å²) in [6.07, 6.45) is 7.52. The molecule has 0 saturated carbocycles. The van der Waals surface area contributed by atoms with Crippen molar-refractivity contribution >= 4 is 0 Å². The highest BCUT2D eigenvalue weighted by Crippen LogP contribution is 2.01. The molecule has 0 aromatic carbocycles. The van der Waals surface area contributed by atoms with Gasteiger partial charge in [0.05, 0.1) is 13.6 Å². The minimum absolute atomic E-state index is 1.17. The first kappa shape index (κ1) is 9.20. The highest BCUT2D eigenvalue weighted by molar-refractivity contribution is 5.08. The topological polar surface area (TPSA) is 29.5 Å². The molecule has 0 saturated heterocycles. The Hall–Kier alpha value is -0.890. The molecule has 0 aliphatic heterocycles. The highest BCUT2D eigenvalue weighted by Gasteiger charge is 1.92. The molecule has 0 unspecified atom stereocenters. The molecule has 2 nitrogen and oxygen atoms in total. The second-order valence-electron chi connectivity index (χ2n) is 3.02. The van der Waals surface area contributed by atoms with Gasteiger partial charge in [0.15, 0.2) is 0 Å². The molecule has 1 heterocycles. The van der Waals surface area contributed by atoms with Crippen LogP contribution in [0.2, 0.25) is 0 Å². The first-order chi connectivity index (χ1) is 5.93. The molecule has 0 fully saturated rings. The predicted octanol–water partition coefficient (Wildman–Crippen LogP) is 0.597.